The van der Waals surface area contributed by atoms with E-state index in [-0.39, 0.29) is 0 Å². The van der Waals surface area contributed by atoms with Crippen LogP contribution >= 0.6 is 15.9 Å². The van der Waals surface area contributed by atoms with Gasteiger partial charge in [0.25, 0.3) is 0 Å². The Morgan fingerprint density at radius 2 is 2.31 bits per heavy atom. The fourth-order valence-corrected chi connectivity index (χ4v) is 1.39. The summed E-state index contributed by atoms with van der Waals surface area (Å²) < 4.78 is 5.91. The maximum Gasteiger partial charge on any atom is 0.128 e. The molecule has 0 heterocycles. The van der Waals surface area contributed by atoms with Crippen LogP contribution in [0.2, 0.25) is 0 Å². The molecule has 0 N–H and O–H groups in total. The summed E-state index contributed by atoms with van der Waals surface area (Å²) in [4.78, 5) is 10.1. The highest BCUT2D eigenvalue weighted by Gasteiger charge is 1.99. The summed E-state index contributed by atoms with van der Waals surface area (Å²) in [6.45, 7) is 1.43. The third kappa shape index (κ3) is 3.06. The highest BCUT2D eigenvalue weighted by atomic mass is 79.9. The van der Waals surface area contributed by atoms with Crippen molar-refractivity contribution in [2.24, 2.45) is 0 Å². The van der Waals surface area contributed by atoms with Crippen molar-refractivity contribution >= 4 is 21.9 Å². The second kappa shape index (κ2) is 4.28. The fourth-order valence-electron chi connectivity index (χ4n) is 0.911. The van der Waals surface area contributed by atoms with Gasteiger partial charge >= 0.3 is 0 Å². The first-order valence-corrected chi connectivity index (χ1v) is 4.47. The monoisotopic (exact) mass is 243 g/mol. The second-order valence-electron chi connectivity index (χ2n) is 2.57. The van der Waals surface area contributed by atoms with E-state index in [2.05, 4.69) is 15.9 Å². The van der Waals surface area contributed by atoms with Gasteiger partial charge in [0, 0.05) is 4.47 Å². The van der Waals surface area contributed by atoms with Gasteiger partial charge in [-0.1, -0.05) is 15.9 Å². The SMILES string of the molecule is Cc1cc(Br)ccc1OCC(=O)[O-]. The average Bonchev–Trinajstić information content (AvgIpc) is 2.02. The average molecular weight is 244 g/mol. The molecule has 0 aromatic heterocycles. The number of hydrogen-bond acceptors (Lipinski definition) is 3. The number of hydrogen-bond donors (Lipinski definition) is 0. The first kappa shape index (κ1) is 10.1. The zero-order valence-corrected chi connectivity index (χ0v) is 8.63. The minimum absolute atomic E-state index is 0.414. The van der Waals surface area contributed by atoms with Gasteiger partial charge in [-0.15, -0.1) is 0 Å². The molecule has 0 unspecified atom stereocenters. The van der Waals surface area contributed by atoms with Crippen molar-refractivity contribution in [3.63, 3.8) is 0 Å². The predicted octanol–water partition coefficient (Wildman–Crippen LogP) is 0.886. The van der Waals surface area contributed by atoms with Crippen LogP contribution in [0.25, 0.3) is 0 Å². The molecule has 0 atom stereocenters. The molecule has 0 spiro atoms. The molecule has 3 nitrogen and oxygen atoms in total. The van der Waals surface area contributed by atoms with Crippen molar-refractivity contribution in [1.29, 1.82) is 0 Å². The number of benzene rings is 1. The van der Waals surface area contributed by atoms with Gasteiger partial charge in [0.05, 0.1) is 5.97 Å². The molecule has 70 valence electrons. The zero-order valence-electron chi connectivity index (χ0n) is 7.04. The van der Waals surface area contributed by atoms with Gasteiger partial charge in [0.1, 0.15) is 12.4 Å². The highest BCUT2D eigenvalue weighted by molar-refractivity contribution is 9.10. The Morgan fingerprint density at radius 1 is 1.62 bits per heavy atom. The van der Waals surface area contributed by atoms with E-state index in [0.717, 1.165) is 10.0 Å². The largest absolute Gasteiger partial charge is 0.546 e. The summed E-state index contributed by atoms with van der Waals surface area (Å²) in [6, 6.07) is 5.35. The van der Waals surface area contributed by atoms with Gasteiger partial charge in [-0.25, -0.2) is 0 Å². The normalized spacial score (nSPS) is 9.69. The topological polar surface area (TPSA) is 49.4 Å². The molecule has 1 aromatic rings. The van der Waals surface area contributed by atoms with Gasteiger partial charge in [-0.2, -0.15) is 0 Å². The quantitative estimate of drug-likeness (QED) is 0.793. The van der Waals surface area contributed by atoms with E-state index >= 15 is 0 Å². The molecule has 0 fully saturated rings. The summed E-state index contributed by atoms with van der Waals surface area (Å²) in [5.41, 5.74) is 0.885. The maximum absolute atomic E-state index is 10.1. The van der Waals surface area contributed by atoms with Crippen molar-refractivity contribution in [3.8, 4) is 5.75 Å². The zero-order chi connectivity index (χ0) is 9.84. The number of carboxylic acids is 1. The van der Waals surface area contributed by atoms with E-state index in [0.29, 0.717) is 5.75 Å². The first-order valence-electron chi connectivity index (χ1n) is 3.68. The summed E-state index contributed by atoms with van der Waals surface area (Å²) in [5, 5.41) is 10.1. The number of aryl methyl sites for hydroxylation is 1. The number of carbonyl (C=O) groups excluding carboxylic acids is 1. The molecule has 0 radical (unpaired) electrons. The molecule has 1 rings (SSSR count). The Morgan fingerprint density at radius 3 is 2.85 bits per heavy atom. The van der Waals surface area contributed by atoms with E-state index in [1.165, 1.54) is 0 Å². The minimum Gasteiger partial charge on any atom is -0.546 e. The molecule has 0 saturated carbocycles. The summed E-state index contributed by atoms with van der Waals surface area (Å²) >= 11 is 3.29. The first-order chi connectivity index (χ1) is 6.09. The molecule has 0 bridgehead atoms. The molecular weight excluding hydrogens is 236 g/mol. The van der Waals surface area contributed by atoms with Crippen molar-refractivity contribution in [1.82, 2.24) is 0 Å². The van der Waals surface area contributed by atoms with Crippen LogP contribution in [0.15, 0.2) is 22.7 Å². The Hall–Kier alpha value is -1.03. The molecule has 0 amide bonds. The molecule has 13 heavy (non-hydrogen) atoms. The summed E-state index contributed by atoms with van der Waals surface area (Å²) in [6.07, 6.45) is 0. The van der Waals surface area contributed by atoms with Gasteiger partial charge in [0.15, 0.2) is 0 Å². The lowest BCUT2D eigenvalue weighted by atomic mass is 10.2. The van der Waals surface area contributed by atoms with Gasteiger partial charge in [-0.05, 0) is 30.7 Å². The number of carboxylic acid groups (broad SMARTS) is 1. The highest BCUT2D eigenvalue weighted by Crippen LogP contribution is 2.21. The third-order valence-corrected chi connectivity index (χ3v) is 1.98. The lowest BCUT2D eigenvalue weighted by molar-refractivity contribution is -0.307. The number of rotatable bonds is 3. The lowest BCUT2D eigenvalue weighted by Crippen LogP contribution is -2.29. The molecule has 1 aromatic carbocycles. The molecule has 0 saturated heterocycles. The Kier molecular flexibility index (Phi) is 3.31. The number of ether oxygens (including phenoxy) is 1. The van der Waals surface area contributed by atoms with Gasteiger partial charge < -0.3 is 14.6 Å². The third-order valence-electron chi connectivity index (χ3n) is 1.48. The van der Waals surface area contributed by atoms with Crippen molar-refractivity contribution in [2.75, 3.05) is 6.61 Å². The van der Waals surface area contributed by atoms with Crippen LogP contribution in [-0.4, -0.2) is 12.6 Å². The standard InChI is InChI=1S/C9H9BrO3/c1-6-4-7(10)2-3-8(6)13-5-9(11)12/h2-4H,5H2,1H3,(H,11,12)/p-1. The lowest BCUT2D eigenvalue weighted by Gasteiger charge is -2.09. The van der Waals surface area contributed by atoms with Crippen LogP contribution < -0.4 is 9.84 Å². The number of aliphatic carboxylic acids is 1. The van der Waals surface area contributed by atoms with Crippen LogP contribution in [0.3, 0.4) is 0 Å². The Balaban J connectivity index is 2.72. The molecule has 0 aliphatic carbocycles. The maximum atomic E-state index is 10.1. The van der Waals surface area contributed by atoms with Gasteiger partial charge in [0.2, 0.25) is 0 Å². The van der Waals surface area contributed by atoms with Crippen LogP contribution in [-0.2, 0) is 4.79 Å². The van der Waals surface area contributed by atoms with E-state index < -0.39 is 12.6 Å². The molecule has 0 aliphatic heterocycles. The van der Waals surface area contributed by atoms with E-state index in [1.54, 1.807) is 12.1 Å². The Bertz CT molecular complexity index is 323. The second-order valence-corrected chi connectivity index (χ2v) is 3.49. The summed E-state index contributed by atoms with van der Waals surface area (Å²) in [7, 11) is 0. The predicted molar refractivity (Wildman–Crippen MR) is 49.4 cm³/mol. The Labute approximate surface area is 84.5 Å². The van der Waals surface area contributed by atoms with Gasteiger partial charge in [-0.3, -0.25) is 0 Å². The van der Waals surface area contributed by atoms with E-state index in [4.69, 9.17) is 4.74 Å². The van der Waals surface area contributed by atoms with E-state index in [1.807, 2.05) is 13.0 Å². The fraction of sp³-hybridized carbons (Fsp3) is 0.222. The van der Waals surface area contributed by atoms with Crippen LogP contribution in [0, 0.1) is 6.92 Å². The smallest absolute Gasteiger partial charge is 0.128 e. The molecule has 4 heteroatoms. The number of halogens is 1. The van der Waals surface area contributed by atoms with Crippen LogP contribution in [0.5, 0.6) is 5.75 Å². The minimum atomic E-state index is -1.22. The van der Waals surface area contributed by atoms with Crippen molar-refractivity contribution in [3.05, 3.63) is 28.2 Å². The van der Waals surface area contributed by atoms with Crippen molar-refractivity contribution < 1.29 is 14.6 Å². The summed E-state index contributed by atoms with van der Waals surface area (Å²) in [5.74, 6) is -0.658. The molecule has 0 aliphatic rings. The number of carbonyl (C=O) groups is 1. The van der Waals surface area contributed by atoms with Crippen LogP contribution in [0.1, 0.15) is 5.56 Å². The molecular formula is C9H8BrO3-. The van der Waals surface area contributed by atoms with E-state index in [9.17, 15) is 9.90 Å². The van der Waals surface area contributed by atoms with Crippen LogP contribution in [0.4, 0.5) is 0 Å². The van der Waals surface area contributed by atoms with Crippen molar-refractivity contribution in [2.45, 2.75) is 6.92 Å².